The summed E-state index contributed by atoms with van der Waals surface area (Å²) in [7, 11) is -2.58. The van der Waals surface area contributed by atoms with E-state index in [2.05, 4.69) is 9.46 Å². The van der Waals surface area contributed by atoms with E-state index in [1.165, 1.54) is 25.3 Å². The van der Waals surface area contributed by atoms with Crippen LogP contribution in [0.1, 0.15) is 15.9 Å². The number of hydrogen-bond acceptors (Lipinski definition) is 4. The van der Waals surface area contributed by atoms with Crippen LogP contribution in [-0.2, 0) is 14.8 Å². The van der Waals surface area contributed by atoms with Crippen LogP contribution in [0.25, 0.3) is 0 Å². The van der Waals surface area contributed by atoms with Crippen molar-refractivity contribution in [3.8, 4) is 0 Å². The van der Waals surface area contributed by atoms with Crippen LogP contribution < -0.4 is 4.72 Å². The topological polar surface area (TPSA) is 72.5 Å². The molecule has 0 fully saturated rings. The van der Waals surface area contributed by atoms with Crippen LogP contribution >= 0.6 is 11.6 Å². The Morgan fingerprint density at radius 3 is 2.55 bits per heavy atom. The van der Waals surface area contributed by atoms with Gasteiger partial charge in [-0.3, -0.25) is 4.72 Å². The fraction of sp³-hybridized carbons (Fsp3) is 0.133. The summed E-state index contributed by atoms with van der Waals surface area (Å²) in [6.07, 6.45) is 0. The second-order valence-corrected chi connectivity index (χ2v) is 6.70. The lowest BCUT2D eigenvalue weighted by atomic mass is 10.1. The lowest BCUT2D eigenvalue weighted by molar-refractivity contribution is 0.0599. The summed E-state index contributed by atoms with van der Waals surface area (Å²) >= 11 is 5.83. The van der Waals surface area contributed by atoms with E-state index in [-0.39, 0.29) is 10.5 Å². The first-order chi connectivity index (χ1) is 10.3. The van der Waals surface area contributed by atoms with E-state index in [1.54, 1.807) is 31.2 Å². The van der Waals surface area contributed by atoms with Gasteiger partial charge in [0.15, 0.2) is 0 Å². The maximum Gasteiger partial charge on any atom is 0.338 e. The Hall–Kier alpha value is -2.05. The van der Waals surface area contributed by atoms with Crippen molar-refractivity contribution in [3.63, 3.8) is 0 Å². The minimum Gasteiger partial charge on any atom is -0.465 e. The number of hydrogen-bond donors (Lipinski definition) is 1. The van der Waals surface area contributed by atoms with Gasteiger partial charge in [-0.2, -0.15) is 0 Å². The number of carbonyl (C=O) groups is 1. The Kier molecular flexibility index (Phi) is 4.73. The molecule has 2 aromatic carbocycles. The number of sulfonamides is 1. The number of methoxy groups -OCH3 is 1. The van der Waals surface area contributed by atoms with Crippen LogP contribution in [0.3, 0.4) is 0 Å². The summed E-state index contributed by atoms with van der Waals surface area (Å²) in [6.45, 7) is 1.70. The number of ether oxygens (including phenoxy) is 1. The highest BCUT2D eigenvalue weighted by Crippen LogP contribution is 2.21. The third-order valence-electron chi connectivity index (χ3n) is 3.00. The zero-order valence-electron chi connectivity index (χ0n) is 12.0. The van der Waals surface area contributed by atoms with Crippen LogP contribution in [0, 0.1) is 6.92 Å². The number of esters is 1. The van der Waals surface area contributed by atoms with E-state index < -0.39 is 16.0 Å². The van der Waals surface area contributed by atoms with Crippen LogP contribution in [0.2, 0.25) is 5.02 Å². The van der Waals surface area contributed by atoms with Gasteiger partial charge >= 0.3 is 5.97 Å². The predicted molar refractivity (Wildman–Crippen MR) is 84.8 cm³/mol. The van der Waals surface area contributed by atoms with Crippen molar-refractivity contribution in [1.29, 1.82) is 0 Å². The van der Waals surface area contributed by atoms with Gasteiger partial charge in [0.2, 0.25) is 0 Å². The van der Waals surface area contributed by atoms with Gasteiger partial charge in [-0.15, -0.1) is 0 Å². The van der Waals surface area contributed by atoms with Crippen LogP contribution in [0.15, 0.2) is 47.4 Å². The van der Waals surface area contributed by atoms with Crippen molar-refractivity contribution in [2.45, 2.75) is 11.8 Å². The van der Waals surface area contributed by atoms with E-state index in [4.69, 9.17) is 11.6 Å². The van der Waals surface area contributed by atoms with Gasteiger partial charge in [0, 0.05) is 5.02 Å². The standard InChI is InChI=1S/C15H14ClNO4S/c1-10-6-7-13(9-14(10)15(18)21-2)22(19,20)17-12-5-3-4-11(16)8-12/h3-9,17H,1-2H3. The predicted octanol–water partition coefficient (Wildman–Crippen LogP) is 3.24. The second-order valence-electron chi connectivity index (χ2n) is 4.58. The van der Waals surface area contributed by atoms with Gasteiger partial charge in [-0.25, -0.2) is 13.2 Å². The molecule has 1 N–H and O–H groups in total. The number of anilines is 1. The average Bonchev–Trinajstić information content (AvgIpc) is 2.46. The molecule has 0 radical (unpaired) electrons. The van der Waals surface area contributed by atoms with Gasteiger partial charge in [0.25, 0.3) is 10.0 Å². The fourth-order valence-electron chi connectivity index (χ4n) is 1.86. The molecule has 2 aromatic rings. The van der Waals surface area contributed by atoms with Crippen molar-refractivity contribution >= 4 is 33.3 Å². The number of aryl methyl sites for hydroxylation is 1. The molecular formula is C15H14ClNO4S. The fourth-order valence-corrected chi connectivity index (χ4v) is 3.13. The van der Waals surface area contributed by atoms with Crippen LogP contribution in [-0.4, -0.2) is 21.5 Å². The largest absolute Gasteiger partial charge is 0.465 e. The molecule has 0 aliphatic carbocycles. The number of nitrogens with one attached hydrogen (secondary N) is 1. The molecule has 5 nitrogen and oxygen atoms in total. The van der Waals surface area contributed by atoms with Crippen molar-refractivity contribution in [3.05, 3.63) is 58.6 Å². The highest BCUT2D eigenvalue weighted by atomic mass is 35.5. The normalized spacial score (nSPS) is 11.0. The first kappa shape index (κ1) is 16.3. The summed E-state index contributed by atoms with van der Waals surface area (Å²) in [4.78, 5) is 11.6. The molecule has 7 heteroatoms. The number of halogens is 1. The maximum absolute atomic E-state index is 12.4. The molecule has 0 bridgehead atoms. The molecule has 0 saturated carbocycles. The lowest BCUT2D eigenvalue weighted by Crippen LogP contribution is -2.14. The first-order valence-corrected chi connectivity index (χ1v) is 8.17. The SMILES string of the molecule is COC(=O)c1cc(S(=O)(=O)Nc2cccc(Cl)c2)ccc1C. The molecule has 2 rings (SSSR count). The monoisotopic (exact) mass is 339 g/mol. The van der Waals surface area contributed by atoms with E-state index >= 15 is 0 Å². The zero-order chi connectivity index (χ0) is 16.3. The highest BCUT2D eigenvalue weighted by molar-refractivity contribution is 7.92. The average molecular weight is 340 g/mol. The molecule has 22 heavy (non-hydrogen) atoms. The van der Waals surface area contributed by atoms with Gasteiger partial charge < -0.3 is 4.74 Å². The van der Waals surface area contributed by atoms with Crippen molar-refractivity contribution in [2.24, 2.45) is 0 Å². The number of rotatable bonds is 4. The second kappa shape index (κ2) is 6.37. The van der Waals surface area contributed by atoms with Crippen LogP contribution in [0.4, 0.5) is 5.69 Å². The number of benzene rings is 2. The summed E-state index contributed by atoms with van der Waals surface area (Å²) < 4.78 is 31.8. The van der Waals surface area contributed by atoms with E-state index in [1.807, 2.05) is 0 Å². The Labute approximate surface area is 133 Å². The molecular weight excluding hydrogens is 326 g/mol. The van der Waals surface area contributed by atoms with Gasteiger partial charge in [-0.1, -0.05) is 23.7 Å². The zero-order valence-corrected chi connectivity index (χ0v) is 13.5. The molecule has 0 unspecified atom stereocenters. The smallest absolute Gasteiger partial charge is 0.338 e. The molecule has 0 saturated heterocycles. The maximum atomic E-state index is 12.4. The van der Waals surface area contributed by atoms with E-state index in [0.29, 0.717) is 16.3 Å². The van der Waals surface area contributed by atoms with E-state index in [0.717, 1.165) is 0 Å². The van der Waals surface area contributed by atoms with Gasteiger partial charge in [0.1, 0.15) is 0 Å². The van der Waals surface area contributed by atoms with Gasteiger partial charge in [-0.05, 0) is 42.8 Å². The molecule has 0 amide bonds. The number of carbonyl (C=O) groups excluding carboxylic acids is 1. The quantitative estimate of drug-likeness (QED) is 0.868. The molecule has 0 aromatic heterocycles. The Morgan fingerprint density at radius 2 is 1.91 bits per heavy atom. The molecule has 0 aliphatic rings. The van der Waals surface area contributed by atoms with Crippen molar-refractivity contribution in [2.75, 3.05) is 11.8 Å². The Morgan fingerprint density at radius 1 is 1.18 bits per heavy atom. The minimum absolute atomic E-state index is 0.0292. The van der Waals surface area contributed by atoms with Gasteiger partial charge in [0.05, 0.1) is 23.3 Å². The Balaban J connectivity index is 2.39. The van der Waals surface area contributed by atoms with Crippen LogP contribution in [0.5, 0.6) is 0 Å². The summed E-state index contributed by atoms with van der Waals surface area (Å²) in [6, 6.07) is 10.6. The highest BCUT2D eigenvalue weighted by Gasteiger charge is 2.18. The molecule has 0 heterocycles. The molecule has 0 spiro atoms. The summed E-state index contributed by atoms with van der Waals surface area (Å²) in [5.41, 5.74) is 1.18. The third-order valence-corrected chi connectivity index (χ3v) is 4.62. The first-order valence-electron chi connectivity index (χ1n) is 6.31. The third kappa shape index (κ3) is 3.58. The molecule has 0 aliphatic heterocycles. The molecule has 0 atom stereocenters. The Bertz CT molecular complexity index is 818. The van der Waals surface area contributed by atoms with E-state index in [9.17, 15) is 13.2 Å². The molecule has 116 valence electrons. The summed E-state index contributed by atoms with van der Waals surface area (Å²) in [5, 5.41) is 0.416. The summed E-state index contributed by atoms with van der Waals surface area (Å²) in [5.74, 6) is -0.586. The van der Waals surface area contributed by atoms with Crippen molar-refractivity contribution in [1.82, 2.24) is 0 Å². The lowest BCUT2D eigenvalue weighted by Gasteiger charge is -2.10. The van der Waals surface area contributed by atoms with Crippen molar-refractivity contribution < 1.29 is 17.9 Å². The minimum atomic E-state index is -3.83.